The first-order chi connectivity index (χ1) is 15.2. The first kappa shape index (κ1) is 20.9. The van der Waals surface area contributed by atoms with Crippen molar-refractivity contribution in [2.75, 3.05) is 36.4 Å². The Balaban J connectivity index is 1.25. The van der Waals surface area contributed by atoms with E-state index in [1.165, 1.54) is 5.69 Å². The second-order valence-electron chi connectivity index (χ2n) is 7.82. The lowest BCUT2D eigenvalue weighted by Gasteiger charge is -2.38. The van der Waals surface area contributed by atoms with Crippen LogP contribution in [0.4, 0.5) is 11.4 Å². The van der Waals surface area contributed by atoms with Gasteiger partial charge in [-0.3, -0.25) is 9.69 Å². The van der Waals surface area contributed by atoms with Crippen LogP contribution in [0.15, 0.2) is 84.9 Å². The maximum absolute atomic E-state index is 12.8. The average Bonchev–Trinajstić information content (AvgIpc) is 2.84. The third-order valence-electron chi connectivity index (χ3n) is 5.73. The quantitative estimate of drug-likeness (QED) is 0.621. The Hall–Kier alpha value is -3.31. The lowest BCUT2D eigenvalue weighted by atomic mass is 10.2. The van der Waals surface area contributed by atoms with Crippen molar-refractivity contribution >= 4 is 17.3 Å². The number of carbonyl (C=O) groups excluding carboxylic acids is 1. The van der Waals surface area contributed by atoms with Crippen LogP contribution in [0.1, 0.15) is 12.5 Å². The molecule has 1 N–H and O–H groups in total. The number of ether oxygens (including phenoxy) is 1. The minimum absolute atomic E-state index is 0.0196. The van der Waals surface area contributed by atoms with Gasteiger partial charge in [-0.25, -0.2) is 0 Å². The molecule has 0 spiro atoms. The molecular formula is C26H29N3O2. The number of rotatable bonds is 7. The van der Waals surface area contributed by atoms with E-state index < -0.39 is 0 Å². The predicted octanol–water partition coefficient (Wildman–Crippen LogP) is 4.41. The zero-order chi connectivity index (χ0) is 21.5. The molecule has 1 unspecified atom stereocenters. The molecular weight excluding hydrogens is 386 g/mol. The molecule has 3 aromatic rings. The van der Waals surface area contributed by atoms with Crippen LogP contribution in [0.25, 0.3) is 0 Å². The second-order valence-corrected chi connectivity index (χ2v) is 7.82. The summed E-state index contributed by atoms with van der Waals surface area (Å²) < 4.78 is 5.82. The number of anilines is 2. The summed E-state index contributed by atoms with van der Waals surface area (Å²) in [7, 11) is 0. The highest BCUT2D eigenvalue weighted by Crippen LogP contribution is 2.19. The lowest BCUT2D eigenvalue weighted by Crippen LogP contribution is -2.52. The molecule has 5 heteroatoms. The van der Waals surface area contributed by atoms with E-state index in [2.05, 4.69) is 39.4 Å². The molecule has 1 heterocycles. The number of para-hydroxylation sites is 1. The Kier molecular flexibility index (Phi) is 6.85. The minimum Gasteiger partial charge on any atom is -0.489 e. The summed E-state index contributed by atoms with van der Waals surface area (Å²) in [5.41, 5.74) is 3.15. The molecule has 1 saturated heterocycles. The second kappa shape index (κ2) is 10.1. The van der Waals surface area contributed by atoms with Gasteiger partial charge in [0.25, 0.3) is 0 Å². The summed E-state index contributed by atoms with van der Waals surface area (Å²) in [4.78, 5) is 17.4. The van der Waals surface area contributed by atoms with E-state index in [4.69, 9.17) is 4.74 Å². The molecule has 0 aromatic heterocycles. The summed E-state index contributed by atoms with van der Waals surface area (Å²) >= 11 is 0. The third-order valence-corrected chi connectivity index (χ3v) is 5.73. The standard InChI is InChI=1S/C26H29N3O2/c1-21(28-16-18-29(19-17-28)24-10-6-3-7-11-24)26(30)27-23-12-14-25(15-13-23)31-20-22-8-4-2-5-9-22/h2-15,21H,16-20H2,1H3,(H,27,30). The fraction of sp³-hybridized carbons (Fsp3) is 0.269. The van der Waals surface area contributed by atoms with Crippen LogP contribution in [0.2, 0.25) is 0 Å². The number of nitrogens with zero attached hydrogens (tertiary/aromatic N) is 2. The molecule has 1 aliphatic rings. The maximum Gasteiger partial charge on any atom is 0.241 e. The van der Waals surface area contributed by atoms with E-state index in [1.807, 2.05) is 67.6 Å². The van der Waals surface area contributed by atoms with Gasteiger partial charge in [0.1, 0.15) is 12.4 Å². The molecule has 1 amide bonds. The van der Waals surface area contributed by atoms with Crippen molar-refractivity contribution in [3.63, 3.8) is 0 Å². The van der Waals surface area contributed by atoms with Crippen molar-refractivity contribution < 1.29 is 9.53 Å². The Bertz CT molecular complexity index is 953. The van der Waals surface area contributed by atoms with E-state index in [9.17, 15) is 4.79 Å². The van der Waals surface area contributed by atoms with E-state index in [0.717, 1.165) is 43.2 Å². The Morgan fingerprint density at radius 1 is 0.871 bits per heavy atom. The molecule has 0 saturated carbocycles. The summed E-state index contributed by atoms with van der Waals surface area (Å²) in [6, 6.07) is 27.9. The molecule has 0 radical (unpaired) electrons. The lowest BCUT2D eigenvalue weighted by molar-refractivity contribution is -0.120. The van der Waals surface area contributed by atoms with Crippen molar-refractivity contribution in [2.24, 2.45) is 0 Å². The van der Waals surface area contributed by atoms with Crippen LogP contribution in [0.3, 0.4) is 0 Å². The predicted molar refractivity (Wildman–Crippen MR) is 126 cm³/mol. The first-order valence-electron chi connectivity index (χ1n) is 10.8. The smallest absolute Gasteiger partial charge is 0.241 e. The molecule has 5 nitrogen and oxygen atoms in total. The monoisotopic (exact) mass is 415 g/mol. The number of benzene rings is 3. The molecule has 1 aliphatic heterocycles. The fourth-order valence-electron chi connectivity index (χ4n) is 3.79. The summed E-state index contributed by atoms with van der Waals surface area (Å²) in [5, 5.41) is 3.03. The van der Waals surface area contributed by atoms with Gasteiger partial charge < -0.3 is 15.0 Å². The number of carbonyl (C=O) groups is 1. The van der Waals surface area contributed by atoms with Crippen LogP contribution in [0, 0.1) is 0 Å². The van der Waals surface area contributed by atoms with Gasteiger partial charge in [0.2, 0.25) is 5.91 Å². The van der Waals surface area contributed by atoms with Gasteiger partial charge in [-0.05, 0) is 48.9 Å². The van der Waals surface area contributed by atoms with Crippen LogP contribution >= 0.6 is 0 Å². The summed E-state index contributed by atoms with van der Waals surface area (Å²) in [6.45, 7) is 6.10. The topological polar surface area (TPSA) is 44.8 Å². The van der Waals surface area contributed by atoms with Crippen molar-refractivity contribution in [3.05, 3.63) is 90.5 Å². The summed E-state index contributed by atoms with van der Waals surface area (Å²) in [5.74, 6) is 0.804. The van der Waals surface area contributed by atoms with Gasteiger partial charge in [-0.1, -0.05) is 48.5 Å². The van der Waals surface area contributed by atoms with E-state index in [1.54, 1.807) is 0 Å². The van der Waals surface area contributed by atoms with Crippen LogP contribution in [-0.4, -0.2) is 43.0 Å². The van der Waals surface area contributed by atoms with Gasteiger partial charge in [0.05, 0.1) is 6.04 Å². The van der Waals surface area contributed by atoms with Gasteiger partial charge in [0, 0.05) is 37.6 Å². The molecule has 0 aliphatic carbocycles. The number of amides is 1. The van der Waals surface area contributed by atoms with Crippen molar-refractivity contribution in [2.45, 2.75) is 19.6 Å². The zero-order valence-corrected chi connectivity index (χ0v) is 17.9. The normalized spacial score (nSPS) is 15.3. The van der Waals surface area contributed by atoms with Crippen molar-refractivity contribution in [1.29, 1.82) is 0 Å². The van der Waals surface area contributed by atoms with Gasteiger partial charge in [-0.2, -0.15) is 0 Å². The third kappa shape index (κ3) is 5.64. The minimum atomic E-state index is -0.174. The molecule has 1 atom stereocenters. The highest BCUT2D eigenvalue weighted by Gasteiger charge is 2.25. The fourth-order valence-corrected chi connectivity index (χ4v) is 3.79. The molecule has 0 bridgehead atoms. The van der Waals surface area contributed by atoms with E-state index >= 15 is 0 Å². The van der Waals surface area contributed by atoms with Crippen molar-refractivity contribution in [3.8, 4) is 5.75 Å². The van der Waals surface area contributed by atoms with Gasteiger partial charge in [-0.15, -0.1) is 0 Å². The number of hydrogen-bond donors (Lipinski definition) is 1. The number of piperazine rings is 1. The van der Waals surface area contributed by atoms with Gasteiger partial charge >= 0.3 is 0 Å². The molecule has 31 heavy (non-hydrogen) atoms. The SMILES string of the molecule is CC(C(=O)Nc1ccc(OCc2ccccc2)cc1)N1CCN(c2ccccc2)CC1. The Morgan fingerprint density at radius 3 is 2.13 bits per heavy atom. The zero-order valence-electron chi connectivity index (χ0n) is 17.9. The largest absolute Gasteiger partial charge is 0.489 e. The maximum atomic E-state index is 12.8. The van der Waals surface area contributed by atoms with Crippen LogP contribution in [0.5, 0.6) is 5.75 Å². The van der Waals surface area contributed by atoms with Crippen molar-refractivity contribution in [1.82, 2.24) is 4.90 Å². The van der Waals surface area contributed by atoms with Gasteiger partial charge in [0.15, 0.2) is 0 Å². The molecule has 160 valence electrons. The van der Waals surface area contributed by atoms with E-state index in [-0.39, 0.29) is 11.9 Å². The molecule has 1 fully saturated rings. The Morgan fingerprint density at radius 2 is 1.48 bits per heavy atom. The molecule has 3 aromatic carbocycles. The highest BCUT2D eigenvalue weighted by molar-refractivity contribution is 5.94. The van der Waals surface area contributed by atoms with Crippen LogP contribution < -0.4 is 15.0 Å². The average molecular weight is 416 g/mol. The Labute approximate surface area is 184 Å². The first-order valence-corrected chi connectivity index (χ1v) is 10.8. The van der Waals surface area contributed by atoms with E-state index in [0.29, 0.717) is 6.61 Å². The molecule has 4 rings (SSSR count). The highest BCUT2D eigenvalue weighted by atomic mass is 16.5. The summed E-state index contributed by atoms with van der Waals surface area (Å²) in [6.07, 6.45) is 0. The number of hydrogen-bond acceptors (Lipinski definition) is 4. The van der Waals surface area contributed by atoms with Crippen LogP contribution in [-0.2, 0) is 11.4 Å². The number of nitrogens with one attached hydrogen (secondary N) is 1.